The summed E-state index contributed by atoms with van der Waals surface area (Å²) in [6.07, 6.45) is 1.45. The quantitative estimate of drug-likeness (QED) is 0.940. The number of rotatable bonds is 4. The number of pyridine rings is 1. The molecule has 0 aliphatic carbocycles. The van der Waals surface area contributed by atoms with Crippen LogP contribution in [0.2, 0.25) is 10.0 Å². The van der Waals surface area contributed by atoms with Crippen molar-refractivity contribution in [3.8, 4) is 17.4 Å². The first-order valence-corrected chi connectivity index (χ1v) is 6.23. The van der Waals surface area contributed by atoms with E-state index in [0.717, 1.165) is 0 Å². The van der Waals surface area contributed by atoms with Gasteiger partial charge in [-0.25, -0.2) is 4.98 Å². The van der Waals surface area contributed by atoms with Gasteiger partial charge in [0.25, 0.3) is 0 Å². The molecule has 0 atom stereocenters. The smallest absolute Gasteiger partial charge is 0.248 e. The standard InChI is InChI=1S/C13H10Cl2N2O3/c1-19-13-10(15)5-8(6-17-13)20-11-3-2-7(12(16)18)4-9(11)14/h2-6H,1H3,(H2,16,18). The highest BCUT2D eigenvalue weighted by Gasteiger charge is 2.09. The summed E-state index contributed by atoms with van der Waals surface area (Å²) in [4.78, 5) is 15.0. The Labute approximate surface area is 125 Å². The fraction of sp³-hybridized carbons (Fsp3) is 0.0769. The molecule has 0 bridgehead atoms. The molecular weight excluding hydrogens is 303 g/mol. The Bertz CT molecular complexity index is 662. The molecule has 2 rings (SSSR count). The summed E-state index contributed by atoms with van der Waals surface area (Å²) in [5.41, 5.74) is 5.46. The van der Waals surface area contributed by atoms with Gasteiger partial charge >= 0.3 is 0 Å². The minimum atomic E-state index is -0.562. The fourth-order valence-corrected chi connectivity index (χ4v) is 1.93. The molecule has 1 heterocycles. The highest BCUT2D eigenvalue weighted by Crippen LogP contribution is 2.32. The highest BCUT2D eigenvalue weighted by molar-refractivity contribution is 6.32. The largest absolute Gasteiger partial charge is 0.480 e. The Morgan fingerprint density at radius 3 is 2.55 bits per heavy atom. The molecule has 0 unspecified atom stereocenters. The summed E-state index contributed by atoms with van der Waals surface area (Å²) in [6.45, 7) is 0. The summed E-state index contributed by atoms with van der Waals surface area (Å²) >= 11 is 12.0. The van der Waals surface area contributed by atoms with Gasteiger partial charge in [-0.1, -0.05) is 23.2 Å². The number of carbonyl (C=O) groups is 1. The van der Waals surface area contributed by atoms with Crippen molar-refractivity contribution in [1.29, 1.82) is 0 Å². The second-order valence-corrected chi connectivity index (χ2v) is 4.59. The van der Waals surface area contributed by atoms with Crippen LogP contribution in [0.4, 0.5) is 0 Å². The van der Waals surface area contributed by atoms with E-state index in [9.17, 15) is 4.79 Å². The first kappa shape index (κ1) is 14.4. The maximum Gasteiger partial charge on any atom is 0.248 e. The normalized spacial score (nSPS) is 10.2. The van der Waals surface area contributed by atoms with Gasteiger partial charge in [-0.2, -0.15) is 0 Å². The summed E-state index contributed by atoms with van der Waals surface area (Å²) in [6, 6.07) is 6.03. The number of methoxy groups -OCH3 is 1. The van der Waals surface area contributed by atoms with E-state index in [1.165, 1.54) is 25.4 Å². The molecule has 1 aromatic carbocycles. The van der Waals surface area contributed by atoms with E-state index in [4.69, 9.17) is 38.4 Å². The van der Waals surface area contributed by atoms with Crippen LogP contribution in [0.3, 0.4) is 0 Å². The summed E-state index contributed by atoms with van der Waals surface area (Å²) in [7, 11) is 1.47. The molecule has 0 saturated carbocycles. The summed E-state index contributed by atoms with van der Waals surface area (Å²) < 4.78 is 10.5. The van der Waals surface area contributed by atoms with Crippen molar-refractivity contribution in [1.82, 2.24) is 4.98 Å². The molecular formula is C13H10Cl2N2O3. The lowest BCUT2D eigenvalue weighted by atomic mass is 10.2. The van der Waals surface area contributed by atoms with E-state index in [1.807, 2.05) is 0 Å². The number of halogens is 2. The first-order chi connectivity index (χ1) is 9.51. The van der Waals surface area contributed by atoms with Gasteiger partial charge < -0.3 is 15.2 Å². The third kappa shape index (κ3) is 3.12. The topological polar surface area (TPSA) is 74.4 Å². The van der Waals surface area contributed by atoms with E-state index < -0.39 is 5.91 Å². The Morgan fingerprint density at radius 2 is 2.00 bits per heavy atom. The molecule has 0 saturated heterocycles. The predicted molar refractivity (Wildman–Crippen MR) is 75.8 cm³/mol. The minimum absolute atomic E-state index is 0.258. The average Bonchev–Trinajstić information content (AvgIpc) is 2.41. The van der Waals surface area contributed by atoms with Crippen LogP contribution in [0, 0.1) is 0 Å². The Morgan fingerprint density at radius 1 is 1.25 bits per heavy atom. The number of amides is 1. The molecule has 1 amide bonds. The number of carbonyl (C=O) groups excluding carboxylic acids is 1. The van der Waals surface area contributed by atoms with Gasteiger partial charge in [0.15, 0.2) is 0 Å². The lowest BCUT2D eigenvalue weighted by Crippen LogP contribution is -2.10. The molecule has 0 aliphatic rings. The third-order valence-electron chi connectivity index (χ3n) is 2.42. The second kappa shape index (κ2) is 5.98. The minimum Gasteiger partial charge on any atom is -0.480 e. The van der Waals surface area contributed by atoms with Crippen molar-refractivity contribution in [2.24, 2.45) is 5.73 Å². The van der Waals surface area contributed by atoms with Gasteiger partial charge in [0.2, 0.25) is 11.8 Å². The lowest BCUT2D eigenvalue weighted by molar-refractivity contribution is 0.100. The van der Waals surface area contributed by atoms with Gasteiger partial charge in [-0.15, -0.1) is 0 Å². The molecule has 0 radical (unpaired) electrons. The summed E-state index contributed by atoms with van der Waals surface area (Å²) in [5.74, 6) is 0.492. The first-order valence-electron chi connectivity index (χ1n) is 5.48. The number of nitrogens with two attached hydrogens (primary N) is 1. The van der Waals surface area contributed by atoms with Crippen molar-refractivity contribution in [2.75, 3.05) is 7.11 Å². The van der Waals surface area contributed by atoms with Crippen LogP contribution in [0.25, 0.3) is 0 Å². The van der Waals surface area contributed by atoms with Crippen LogP contribution in [0.5, 0.6) is 17.4 Å². The zero-order valence-corrected chi connectivity index (χ0v) is 11.9. The maximum atomic E-state index is 11.0. The van der Waals surface area contributed by atoms with Crippen LogP contribution in [-0.4, -0.2) is 18.0 Å². The number of hydrogen-bond donors (Lipinski definition) is 1. The van der Waals surface area contributed by atoms with Gasteiger partial charge in [0.05, 0.1) is 18.3 Å². The summed E-state index contributed by atoms with van der Waals surface area (Å²) in [5, 5.41) is 0.572. The van der Waals surface area contributed by atoms with Crippen molar-refractivity contribution in [2.45, 2.75) is 0 Å². The van der Waals surface area contributed by atoms with E-state index in [0.29, 0.717) is 28.0 Å². The maximum absolute atomic E-state index is 11.0. The second-order valence-electron chi connectivity index (χ2n) is 3.77. The molecule has 1 aromatic heterocycles. The van der Waals surface area contributed by atoms with E-state index >= 15 is 0 Å². The molecule has 104 valence electrons. The average molecular weight is 313 g/mol. The van der Waals surface area contributed by atoms with Crippen LogP contribution in [0.15, 0.2) is 30.5 Å². The lowest BCUT2D eigenvalue weighted by Gasteiger charge is -2.09. The number of hydrogen-bond acceptors (Lipinski definition) is 4. The fourth-order valence-electron chi connectivity index (χ4n) is 1.48. The number of ether oxygens (including phenoxy) is 2. The molecule has 2 N–H and O–H groups in total. The van der Waals surface area contributed by atoms with Crippen LogP contribution >= 0.6 is 23.2 Å². The molecule has 0 spiro atoms. The Balaban J connectivity index is 2.26. The van der Waals surface area contributed by atoms with Crippen LogP contribution in [-0.2, 0) is 0 Å². The van der Waals surface area contributed by atoms with Crippen molar-refractivity contribution in [3.63, 3.8) is 0 Å². The van der Waals surface area contributed by atoms with Gasteiger partial charge in [-0.3, -0.25) is 4.79 Å². The van der Waals surface area contributed by atoms with Crippen molar-refractivity contribution < 1.29 is 14.3 Å². The Kier molecular flexibility index (Phi) is 4.32. The van der Waals surface area contributed by atoms with Crippen molar-refractivity contribution in [3.05, 3.63) is 46.1 Å². The van der Waals surface area contributed by atoms with Crippen LogP contribution in [0.1, 0.15) is 10.4 Å². The van der Waals surface area contributed by atoms with Gasteiger partial charge in [0, 0.05) is 11.6 Å². The molecule has 5 nitrogen and oxygen atoms in total. The number of nitrogens with zero attached hydrogens (tertiary/aromatic N) is 1. The molecule has 0 fully saturated rings. The number of benzene rings is 1. The SMILES string of the molecule is COc1ncc(Oc2ccc(C(N)=O)cc2Cl)cc1Cl. The number of primary amides is 1. The van der Waals surface area contributed by atoms with Crippen LogP contribution < -0.4 is 15.2 Å². The molecule has 0 aliphatic heterocycles. The molecule has 7 heteroatoms. The third-order valence-corrected chi connectivity index (χ3v) is 2.99. The van der Waals surface area contributed by atoms with Crippen molar-refractivity contribution >= 4 is 29.1 Å². The van der Waals surface area contributed by atoms with E-state index in [1.54, 1.807) is 12.1 Å². The van der Waals surface area contributed by atoms with E-state index in [-0.39, 0.29) is 5.02 Å². The van der Waals surface area contributed by atoms with E-state index in [2.05, 4.69) is 4.98 Å². The zero-order valence-electron chi connectivity index (χ0n) is 10.4. The molecule has 2 aromatic rings. The highest BCUT2D eigenvalue weighted by atomic mass is 35.5. The van der Waals surface area contributed by atoms with Gasteiger partial charge in [0.1, 0.15) is 16.5 Å². The predicted octanol–water partition coefficient (Wildman–Crippen LogP) is 3.29. The zero-order chi connectivity index (χ0) is 14.7. The number of aromatic nitrogens is 1. The monoisotopic (exact) mass is 312 g/mol. The van der Waals surface area contributed by atoms with Gasteiger partial charge in [-0.05, 0) is 18.2 Å². The Hall–Kier alpha value is -1.98. The molecule has 20 heavy (non-hydrogen) atoms.